The largest absolute Gasteiger partial charge is 0.455 e. The van der Waals surface area contributed by atoms with Gasteiger partial charge in [0.05, 0.1) is 11.4 Å². The number of furan rings is 1. The fourth-order valence-corrected chi connectivity index (χ4v) is 9.12. The van der Waals surface area contributed by atoms with E-state index in [2.05, 4.69) is 178 Å². The van der Waals surface area contributed by atoms with Crippen LogP contribution in [0.3, 0.4) is 0 Å². The molecule has 0 radical (unpaired) electrons. The number of hydrogen-bond acceptors (Lipinski definition) is 2. The molecule has 10 rings (SSSR count). The molecule has 240 valence electrons. The van der Waals surface area contributed by atoms with Crippen molar-refractivity contribution in [1.29, 1.82) is 0 Å². The van der Waals surface area contributed by atoms with Gasteiger partial charge in [0.1, 0.15) is 11.2 Å². The van der Waals surface area contributed by atoms with Gasteiger partial charge in [-0.05, 0) is 74.8 Å². The number of hydrogen-bond donors (Lipinski definition) is 0. The van der Waals surface area contributed by atoms with Gasteiger partial charge >= 0.3 is 0 Å². The first-order valence-electron chi connectivity index (χ1n) is 17.6. The van der Waals surface area contributed by atoms with Gasteiger partial charge in [0.25, 0.3) is 0 Å². The van der Waals surface area contributed by atoms with Crippen LogP contribution in [0, 0.1) is 0 Å². The van der Waals surface area contributed by atoms with Gasteiger partial charge in [-0.2, -0.15) is 0 Å². The third kappa shape index (κ3) is 3.91. The Morgan fingerprint density at radius 2 is 1.06 bits per heavy atom. The highest BCUT2D eigenvalue weighted by Gasteiger charge is 2.41. The second-order valence-corrected chi connectivity index (χ2v) is 14.9. The van der Waals surface area contributed by atoms with Gasteiger partial charge in [-0.25, -0.2) is 0 Å². The molecule has 2 nitrogen and oxygen atoms in total. The molecule has 0 saturated carbocycles. The van der Waals surface area contributed by atoms with E-state index < -0.39 is 0 Å². The molecule has 7 aromatic carbocycles. The minimum absolute atomic E-state index is 0.111. The topological polar surface area (TPSA) is 16.4 Å². The second-order valence-electron chi connectivity index (χ2n) is 14.9. The number of anilines is 3. The van der Waals surface area contributed by atoms with E-state index in [1.807, 2.05) is 6.07 Å². The average Bonchev–Trinajstić information content (AvgIpc) is 3.73. The zero-order valence-corrected chi connectivity index (χ0v) is 28.8. The third-order valence-corrected chi connectivity index (χ3v) is 11.4. The lowest BCUT2D eigenvalue weighted by molar-refractivity contribution is 0.659. The fraction of sp³-hybridized carbons (Fsp3) is 0.125. The minimum atomic E-state index is -0.187. The van der Waals surface area contributed by atoms with Crippen LogP contribution in [0.4, 0.5) is 17.1 Å². The molecule has 0 unspecified atom stereocenters. The van der Waals surface area contributed by atoms with E-state index in [4.69, 9.17) is 4.42 Å². The lowest BCUT2D eigenvalue weighted by Crippen LogP contribution is -2.21. The van der Waals surface area contributed by atoms with Crippen LogP contribution in [0.15, 0.2) is 156 Å². The van der Waals surface area contributed by atoms with Crippen molar-refractivity contribution in [3.8, 4) is 33.4 Å². The number of benzene rings is 7. The van der Waals surface area contributed by atoms with Gasteiger partial charge in [0.2, 0.25) is 0 Å². The normalized spacial score (nSPS) is 14.7. The van der Waals surface area contributed by atoms with Crippen LogP contribution < -0.4 is 4.90 Å². The first-order chi connectivity index (χ1) is 24.3. The van der Waals surface area contributed by atoms with Crippen molar-refractivity contribution in [1.82, 2.24) is 0 Å². The van der Waals surface area contributed by atoms with Crippen LogP contribution in [-0.2, 0) is 10.8 Å². The van der Waals surface area contributed by atoms with Crippen molar-refractivity contribution in [2.45, 2.75) is 38.5 Å². The Morgan fingerprint density at radius 3 is 1.92 bits per heavy atom. The summed E-state index contributed by atoms with van der Waals surface area (Å²) in [4.78, 5) is 2.53. The van der Waals surface area contributed by atoms with E-state index in [1.54, 1.807) is 0 Å². The summed E-state index contributed by atoms with van der Waals surface area (Å²) in [5, 5.41) is 2.28. The van der Waals surface area contributed by atoms with Crippen LogP contribution in [0.1, 0.15) is 49.9 Å². The zero-order valence-electron chi connectivity index (χ0n) is 28.8. The molecular weight excluding hydrogens is 607 g/mol. The van der Waals surface area contributed by atoms with Crippen molar-refractivity contribution < 1.29 is 4.42 Å². The average molecular weight is 644 g/mol. The maximum absolute atomic E-state index is 6.54. The quantitative estimate of drug-likeness (QED) is 0.190. The lowest BCUT2D eigenvalue weighted by atomic mass is 9.81. The number of nitrogens with zero attached hydrogens (tertiary/aromatic N) is 1. The number of para-hydroxylation sites is 2. The predicted octanol–water partition coefficient (Wildman–Crippen LogP) is 13.3. The minimum Gasteiger partial charge on any atom is -0.455 e. The van der Waals surface area contributed by atoms with Gasteiger partial charge in [-0.15, -0.1) is 0 Å². The summed E-state index contributed by atoms with van der Waals surface area (Å²) in [6.07, 6.45) is 0. The smallest absolute Gasteiger partial charge is 0.143 e. The summed E-state index contributed by atoms with van der Waals surface area (Å²) >= 11 is 0. The van der Waals surface area contributed by atoms with Crippen LogP contribution in [0.2, 0.25) is 0 Å². The van der Waals surface area contributed by atoms with Crippen LogP contribution in [-0.4, -0.2) is 0 Å². The monoisotopic (exact) mass is 643 g/mol. The van der Waals surface area contributed by atoms with E-state index >= 15 is 0 Å². The highest BCUT2D eigenvalue weighted by molar-refractivity contribution is 6.10. The molecule has 0 spiro atoms. The van der Waals surface area contributed by atoms with Crippen LogP contribution >= 0.6 is 0 Å². The lowest BCUT2D eigenvalue weighted by Gasteiger charge is -2.34. The van der Waals surface area contributed by atoms with Crippen molar-refractivity contribution in [2.75, 3.05) is 4.90 Å². The molecule has 1 heterocycles. The first-order valence-corrected chi connectivity index (χ1v) is 17.6. The maximum Gasteiger partial charge on any atom is 0.143 e. The maximum atomic E-state index is 6.54. The molecule has 2 aliphatic rings. The molecule has 1 aromatic heterocycles. The predicted molar refractivity (Wildman–Crippen MR) is 209 cm³/mol. The summed E-state index contributed by atoms with van der Waals surface area (Å²) in [6.45, 7) is 9.48. The summed E-state index contributed by atoms with van der Waals surface area (Å²) < 4.78 is 6.54. The third-order valence-electron chi connectivity index (χ3n) is 11.4. The Morgan fingerprint density at radius 1 is 0.460 bits per heavy atom. The Kier molecular flexibility index (Phi) is 6.01. The van der Waals surface area contributed by atoms with Gasteiger partial charge in [-0.3, -0.25) is 0 Å². The standard InChI is InChI=1S/C48H37NO/c1-47(2)39-24-9-6-19-37(39)44-40(47)25-14-26-41(44)49(42-27-13-21-35-33-17-5-8-23-38(33)48(3,4)45(35)42)31-16-11-15-30(29-31)32-20-12-22-36-34-18-7-10-28-43(34)50-46(32)36/h5-29H,1-4H3. The van der Waals surface area contributed by atoms with Crippen molar-refractivity contribution in [2.24, 2.45) is 0 Å². The number of fused-ring (bicyclic) bond motifs is 9. The second kappa shape index (κ2) is 10.3. The van der Waals surface area contributed by atoms with Gasteiger partial charge in [0, 0.05) is 38.4 Å². The molecule has 50 heavy (non-hydrogen) atoms. The molecule has 0 bridgehead atoms. The molecule has 0 fully saturated rings. The Balaban J connectivity index is 1.26. The molecule has 0 N–H and O–H groups in total. The van der Waals surface area contributed by atoms with Crippen LogP contribution in [0.5, 0.6) is 0 Å². The van der Waals surface area contributed by atoms with E-state index in [-0.39, 0.29) is 10.8 Å². The van der Waals surface area contributed by atoms with E-state index in [0.717, 1.165) is 38.8 Å². The summed E-state index contributed by atoms with van der Waals surface area (Å²) in [7, 11) is 0. The summed E-state index contributed by atoms with van der Waals surface area (Å²) in [5.74, 6) is 0. The first kappa shape index (κ1) is 29.1. The zero-order chi connectivity index (χ0) is 33.8. The molecule has 0 aliphatic heterocycles. The number of rotatable bonds is 4. The molecular formula is C48H37NO. The van der Waals surface area contributed by atoms with E-state index in [1.165, 1.54) is 55.9 Å². The van der Waals surface area contributed by atoms with E-state index in [9.17, 15) is 0 Å². The molecule has 2 aliphatic carbocycles. The van der Waals surface area contributed by atoms with Gasteiger partial charge in [0.15, 0.2) is 0 Å². The van der Waals surface area contributed by atoms with Crippen LogP contribution in [0.25, 0.3) is 55.3 Å². The fourth-order valence-electron chi connectivity index (χ4n) is 9.12. The SMILES string of the molecule is CC1(C)c2ccccc2-c2c(N(c3cccc(-c4cccc5c4oc4ccccc45)c3)c3cccc4c3C(C)(C)c3ccccc3-4)cccc21. The highest BCUT2D eigenvalue weighted by Crippen LogP contribution is 2.58. The summed E-state index contributed by atoms with van der Waals surface area (Å²) in [6, 6.07) is 55.5. The van der Waals surface area contributed by atoms with Crippen molar-refractivity contribution in [3.63, 3.8) is 0 Å². The van der Waals surface area contributed by atoms with Crippen molar-refractivity contribution >= 4 is 39.0 Å². The Bertz CT molecular complexity index is 2670. The Labute approximate surface area is 293 Å². The highest BCUT2D eigenvalue weighted by atomic mass is 16.3. The van der Waals surface area contributed by atoms with Gasteiger partial charge in [-0.1, -0.05) is 149 Å². The van der Waals surface area contributed by atoms with Crippen molar-refractivity contribution in [3.05, 3.63) is 174 Å². The molecule has 2 heteroatoms. The summed E-state index contributed by atoms with van der Waals surface area (Å²) in [5.41, 5.74) is 18.0. The van der Waals surface area contributed by atoms with Gasteiger partial charge < -0.3 is 9.32 Å². The molecule has 0 saturated heterocycles. The molecule has 0 amide bonds. The van der Waals surface area contributed by atoms with E-state index in [0.29, 0.717) is 0 Å². The molecule has 0 atom stereocenters. The molecule has 8 aromatic rings. The Hall–Kier alpha value is -5.86.